The molecule has 0 amide bonds. The van der Waals surface area contributed by atoms with Crippen molar-refractivity contribution in [3.63, 3.8) is 0 Å². The molecule has 0 saturated heterocycles. The Morgan fingerprint density at radius 3 is 2.30 bits per heavy atom. The molecule has 0 aliphatic rings. The van der Waals surface area contributed by atoms with Crippen molar-refractivity contribution >= 4 is 5.69 Å². The summed E-state index contributed by atoms with van der Waals surface area (Å²) in [5.41, 5.74) is 4.65. The molecule has 2 rings (SSSR count). The van der Waals surface area contributed by atoms with Crippen LogP contribution in [0, 0.1) is 13.8 Å². The van der Waals surface area contributed by atoms with Crippen LogP contribution in [0.3, 0.4) is 0 Å². The highest BCUT2D eigenvalue weighted by atomic mass is 16.5. The highest BCUT2D eigenvalue weighted by Gasteiger charge is 2.09. The Kier molecular flexibility index (Phi) is 4.18. The highest BCUT2D eigenvalue weighted by Crippen LogP contribution is 2.30. The fraction of sp³-hybridized carbons (Fsp3) is 0.294. The summed E-state index contributed by atoms with van der Waals surface area (Å²) in [6.45, 7) is 6.27. The molecule has 20 heavy (non-hydrogen) atoms. The number of hydrogen-bond donors (Lipinski definition) is 2. The summed E-state index contributed by atoms with van der Waals surface area (Å²) in [4.78, 5) is 0. The molecule has 3 heteroatoms. The number of phenolic OH excluding ortho intramolecular Hbond substituents is 1. The van der Waals surface area contributed by atoms with E-state index in [2.05, 4.69) is 44.3 Å². The number of ether oxygens (including phenoxy) is 1. The van der Waals surface area contributed by atoms with E-state index < -0.39 is 0 Å². The molecular weight excluding hydrogens is 250 g/mol. The molecule has 2 aromatic rings. The largest absolute Gasteiger partial charge is 0.504 e. The zero-order valence-corrected chi connectivity index (χ0v) is 12.4. The topological polar surface area (TPSA) is 41.5 Å². The normalized spacial score (nSPS) is 12.0. The van der Waals surface area contributed by atoms with E-state index in [-0.39, 0.29) is 11.8 Å². The van der Waals surface area contributed by atoms with Crippen LogP contribution in [-0.2, 0) is 0 Å². The number of anilines is 1. The number of hydrogen-bond acceptors (Lipinski definition) is 3. The Morgan fingerprint density at radius 2 is 1.70 bits per heavy atom. The quantitative estimate of drug-likeness (QED) is 0.876. The van der Waals surface area contributed by atoms with Crippen LogP contribution >= 0.6 is 0 Å². The summed E-state index contributed by atoms with van der Waals surface area (Å²) in [6, 6.07) is 12.0. The second-order valence-corrected chi connectivity index (χ2v) is 5.17. The molecule has 1 unspecified atom stereocenters. The SMILES string of the molecule is COc1cc(C(C)Nc2cc(C)cc(C)c2)ccc1O. The monoisotopic (exact) mass is 271 g/mol. The van der Waals surface area contributed by atoms with Crippen molar-refractivity contribution in [1.82, 2.24) is 0 Å². The molecule has 0 saturated carbocycles. The molecule has 0 radical (unpaired) electrons. The van der Waals surface area contributed by atoms with Crippen LogP contribution in [0.5, 0.6) is 11.5 Å². The molecule has 0 spiro atoms. The molecular formula is C17H21NO2. The van der Waals surface area contributed by atoms with Crippen LogP contribution in [0.2, 0.25) is 0 Å². The number of benzene rings is 2. The van der Waals surface area contributed by atoms with Crippen LogP contribution in [0.1, 0.15) is 29.7 Å². The van der Waals surface area contributed by atoms with Gasteiger partial charge in [0.1, 0.15) is 0 Å². The summed E-state index contributed by atoms with van der Waals surface area (Å²) in [5, 5.41) is 13.1. The maximum Gasteiger partial charge on any atom is 0.160 e. The van der Waals surface area contributed by atoms with E-state index in [1.807, 2.05) is 12.1 Å². The van der Waals surface area contributed by atoms with E-state index in [4.69, 9.17) is 4.74 Å². The molecule has 0 heterocycles. The van der Waals surface area contributed by atoms with Crippen molar-refractivity contribution in [2.75, 3.05) is 12.4 Å². The van der Waals surface area contributed by atoms with Gasteiger partial charge in [0.25, 0.3) is 0 Å². The predicted octanol–water partition coefficient (Wildman–Crippen LogP) is 4.19. The summed E-state index contributed by atoms with van der Waals surface area (Å²) in [7, 11) is 1.56. The average Bonchev–Trinajstić information content (AvgIpc) is 2.37. The minimum Gasteiger partial charge on any atom is -0.504 e. The lowest BCUT2D eigenvalue weighted by Crippen LogP contribution is -2.07. The Hall–Kier alpha value is -2.16. The van der Waals surface area contributed by atoms with Crippen LogP contribution in [0.4, 0.5) is 5.69 Å². The van der Waals surface area contributed by atoms with Crippen molar-refractivity contribution in [2.24, 2.45) is 0 Å². The third-order valence-corrected chi connectivity index (χ3v) is 3.31. The zero-order chi connectivity index (χ0) is 14.7. The van der Waals surface area contributed by atoms with Gasteiger partial charge in [-0.15, -0.1) is 0 Å². The minimum atomic E-state index is 0.130. The van der Waals surface area contributed by atoms with Gasteiger partial charge in [-0.1, -0.05) is 12.1 Å². The van der Waals surface area contributed by atoms with Crippen molar-refractivity contribution in [3.05, 3.63) is 53.1 Å². The molecule has 1 atom stereocenters. The molecule has 0 aliphatic carbocycles. The third kappa shape index (κ3) is 3.23. The molecule has 106 valence electrons. The van der Waals surface area contributed by atoms with Gasteiger partial charge in [0.05, 0.1) is 7.11 Å². The van der Waals surface area contributed by atoms with Crippen LogP contribution in [0.15, 0.2) is 36.4 Å². The third-order valence-electron chi connectivity index (χ3n) is 3.31. The van der Waals surface area contributed by atoms with Gasteiger partial charge >= 0.3 is 0 Å². The second-order valence-electron chi connectivity index (χ2n) is 5.17. The molecule has 0 aromatic heterocycles. The Labute approximate surface area is 120 Å². The van der Waals surface area contributed by atoms with Crippen molar-refractivity contribution in [1.29, 1.82) is 0 Å². The standard InChI is InChI=1S/C17H21NO2/c1-11-7-12(2)9-15(8-11)18-13(3)14-5-6-16(19)17(10-14)20-4/h5-10,13,18-19H,1-4H3. The molecule has 0 aliphatic heterocycles. The van der Waals surface area contributed by atoms with Crippen molar-refractivity contribution in [3.8, 4) is 11.5 Å². The first-order valence-corrected chi connectivity index (χ1v) is 6.71. The molecule has 0 fully saturated rings. The van der Waals surface area contributed by atoms with Gasteiger partial charge in [-0.25, -0.2) is 0 Å². The maximum absolute atomic E-state index is 9.63. The zero-order valence-electron chi connectivity index (χ0n) is 12.4. The number of methoxy groups -OCH3 is 1. The van der Waals surface area contributed by atoms with Gasteiger partial charge in [0.2, 0.25) is 0 Å². The summed E-state index contributed by atoms with van der Waals surface area (Å²) < 4.78 is 5.15. The van der Waals surface area contributed by atoms with Gasteiger partial charge in [0.15, 0.2) is 11.5 Å². The van der Waals surface area contributed by atoms with E-state index in [9.17, 15) is 5.11 Å². The highest BCUT2D eigenvalue weighted by molar-refractivity contribution is 5.51. The van der Waals surface area contributed by atoms with E-state index in [1.165, 1.54) is 11.1 Å². The molecule has 3 nitrogen and oxygen atoms in total. The smallest absolute Gasteiger partial charge is 0.160 e. The van der Waals surface area contributed by atoms with Crippen LogP contribution < -0.4 is 10.1 Å². The van der Waals surface area contributed by atoms with Gasteiger partial charge in [-0.05, 0) is 61.7 Å². The average molecular weight is 271 g/mol. The lowest BCUT2D eigenvalue weighted by Gasteiger charge is -2.17. The van der Waals surface area contributed by atoms with Gasteiger partial charge in [0, 0.05) is 11.7 Å². The lowest BCUT2D eigenvalue weighted by molar-refractivity contribution is 0.373. The minimum absolute atomic E-state index is 0.130. The Balaban J connectivity index is 2.21. The van der Waals surface area contributed by atoms with Gasteiger partial charge in [-0.3, -0.25) is 0 Å². The van der Waals surface area contributed by atoms with E-state index in [0.29, 0.717) is 5.75 Å². The Morgan fingerprint density at radius 1 is 1.05 bits per heavy atom. The number of phenols is 1. The van der Waals surface area contributed by atoms with E-state index in [1.54, 1.807) is 13.2 Å². The van der Waals surface area contributed by atoms with Crippen molar-refractivity contribution in [2.45, 2.75) is 26.8 Å². The Bertz CT molecular complexity index is 588. The van der Waals surface area contributed by atoms with Crippen LogP contribution in [0.25, 0.3) is 0 Å². The van der Waals surface area contributed by atoms with E-state index >= 15 is 0 Å². The summed E-state index contributed by atoms with van der Waals surface area (Å²) in [5.74, 6) is 0.659. The number of nitrogens with one attached hydrogen (secondary N) is 1. The maximum atomic E-state index is 9.63. The van der Waals surface area contributed by atoms with Gasteiger partial charge in [-0.2, -0.15) is 0 Å². The summed E-state index contributed by atoms with van der Waals surface area (Å²) in [6.07, 6.45) is 0. The lowest BCUT2D eigenvalue weighted by atomic mass is 10.1. The fourth-order valence-electron chi connectivity index (χ4n) is 2.35. The van der Waals surface area contributed by atoms with Gasteiger partial charge < -0.3 is 15.2 Å². The first kappa shape index (κ1) is 14.3. The molecule has 0 bridgehead atoms. The number of aromatic hydroxyl groups is 1. The van der Waals surface area contributed by atoms with E-state index in [0.717, 1.165) is 11.3 Å². The second kappa shape index (κ2) is 5.87. The van der Waals surface area contributed by atoms with Crippen LogP contribution in [-0.4, -0.2) is 12.2 Å². The first-order chi connectivity index (χ1) is 9.49. The number of rotatable bonds is 4. The summed E-state index contributed by atoms with van der Waals surface area (Å²) >= 11 is 0. The molecule has 2 N–H and O–H groups in total. The fourth-order valence-corrected chi connectivity index (χ4v) is 2.35. The van der Waals surface area contributed by atoms with Crippen molar-refractivity contribution < 1.29 is 9.84 Å². The molecule has 2 aromatic carbocycles. The first-order valence-electron chi connectivity index (χ1n) is 6.71. The number of aryl methyl sites for hydroxylation is 2. The predicted molar refractivity (Wildman–Crippen MR) is 82.6 cm³/mol.